The average Bonchev–Trinajstić information content (AvgIpc) is 2.81. The van der Waals surface area contributed by atoms with Crippen molar-refractivity contribution in [2.24, 2.45) is 0 Å². The van der Waals surface area contributed by atoms with E-state index in [1.54, 1.807) is 19.1 Å². The van der Waals surface area contributed by atoms with Crippen LogP contribution in [0.4, 0.5) is 0 Å². The van der Waals surface area contributed by atoms with Gasteiger partial charge < -0.3 is 9.15 Å². The van der Waals surface area contributed by atoms with E-state index in [-0.39, 0.29) is 5.89 Å². The van der Waals surface area contributed by atoms with Crippen LogP contribution < -0.4 is 0 Å². The fourth-order valence-electron chi connectivity index (χ4n) is 1.42. The van der Waals surface area contributed by atoms with Crippen LogP contribution in [0.15, 0.2) is 28.7 Å². The van der Waals surface area contributed by atoms with Gasteiger partial charge in [0.25, 0.3) is 12.4 Å². The van der Waals surface area contributed by atoms with Crippen molar-refractivity contribution in [3.05, 3.63) is 46.6 Å². The first-order valence-electron chi connectivity index (χ1n) is 5.35. The molecule has 0 radical (unpaired) electrons. The molecular formula is C12H11ClN2O3. The second-order valence-corrected chi connectivity index (χ2v) is 4.15. The average molecular weight is 267 g/mol. The van der Waals surface area contributed by atoms with Crippen LogP contribution in [0.1, 0.15) is 30.4 Å². The van der Waals surface area contributed by atoms with Crippen LogP contribution in [0.3, 0.4) is 0 Å². The van der Waals surface area contributed by atoms with Gasteiger partial charge in [-0.2, -0.15) is 0 Å². The molecule has 1 aromatic heterocycles. The number of hydrogen-bond donors (Lipinski definition) is 0. The Kier molecular flexibility index (Phi) is 3.94. The van der Waals surface area contributed by atoms with Crippen molar-refractivity contribution in [2.45, 2.75) is 19.4 Å². The molecule has 1 heterocycles. The summed E-state index contributed by atoms with van der Waals surface area (Å²) in [6, 6.07) is 7.37. The van der Waals surface area contributed by atoms with Gasteiger partial charge in [-0.05, 0) is 24.6 Å². The molecule has 94 valence electrons. The van der Waals surface area contributed by atoms with Gasteiger partial charge in [-0.15, -0.1) is 10.2 Å². The van der Waals surface area contributed by atoms with Crippen LogP contribution >= 0.6 is 11.6 Å². The monoisotopic (exact) mass is 266 g/mol. The van der Waals surface area contributed by atoms with Crippen LogP contribution in [-0.4, -0.2) is 16.7 Å². The van der Waals surface area contributed by atoms with E-state index >= 15 is 0 Å². The molecule has 5 nitrogen and oxygen atoms in total. The topological polar surface area (TPSA) is 65.2 Å². The molecule has 6 heteroatoms. The summed E-state index contributed by atoms with van der Waals surface area (Å²) >= 11 is 5.79. The van der Waals surface area contributed by atoms with Crippen molar-refractivity contribution in [1.82, 2.24) is 10.2 Å². The third-order valence-corrected chi connectivity index (χ3v) is 2.61. The second kappa shape index (κ2) is 5.64. The van der Waals surface area contributed by atoms with Crippen molar-refractivity contribution >= 4 is 18.1 Å². The molecule has 0 saturated carbocycles. The summed E-state index contributed by atoms with van der Waals surface area (Å²) in [7, 11) is 0. The maximum Gasteiger partial charge on any atom is 0.293 e. The molecule has 0 saturated heterocycles. The second-order valence-electron chi connectivity index (χ2n) is 3.71. The first-order chi connectivity index (χ1) is 8.69. The molecule has 18 heavy (non-hydrogen) atoms. The quantitative estimate of drug-likeness (QED) is 0.778. The highest BCUT2D eigenvalue weighted by Crippen LogP contribution is 2.17. The van der Waals surface area contributed by atoms with E-state index in [9.17, 15) is 4.79 Å². The highest BCUT2D eigenvalue weighted by Gasteiger charge is 2.14. The van der Waals surface area contributed by atoms with Crippen molar-refractivity contribution < 1.29 is 13.9 Å². The molecule has 0 fully saturated rings. The third kappa shape index (κ3) is 3.07. The van der Waals surface area contributed by atoms with E-state index in [1.807, 2.05) is 12.1 Å². The summed E-state index contributed by atoms with van der Waals surface area (Å²) in [6.07, 6.45) is -0.0215. The van der Waals surface area contributed by atoms with Gasteiger partial charge in [0.15, 0.2) is 6.10 Å². The van der Waals surface area contributed by atoms with E-state index in [1.165, 1.54) is 0 Å². The predicted octanol–water partition coefficient (Wildman–Crippen LogP) is 2.55. The maximum absolute atomic E-state index is 10.2. The third-order valence-electron chi connectivity index (χ3n) is 2.36. The van der Waals surface area contributed by atoms with Gasteiger partial charge in [-0.1, -0.05) is 23.7 Å². The maximum atomic E-state index is 10.2. The lowest BCUT2D eigenvalue weighted by Gasteiger charge is -2.02. The lowest BCUT2D eigenvalue weighted by Crippen LogP contribution is -1.97. The Morgan fingerprint density at radius 2 is 2.11 bits per heavy atom. The Hall–Kier alpha value is -1.88. The van der Waals surface area contributed by atoms with E-state index in [0.717, 1.165) is 5.56 Å². The Balaban J connectivity index is 2.06. The van der Waals surface area contributed by atoms with Crippen molar-refractivity contribution in [3.8, 4) is 0 Å². The molecule has 0 amide bonds. The minimum atomic E-state index is -0.533. The minimum absolute atomic E-state index is 0.283. The molecule has 0 N–H and O–H groups in total. The SMILES string of the molecule is CC(OC=O)c1nnc(Cc2ccc(Cl)cc2)o1. The lowest BCUT2D eigenvalue weighted by atomic mass is 10.1. The van der Waals surface area contributed by atoms with Crippen LogP contribution in [0.2, 0.25) is 5.02 Å². The largest absolute Gasteiger partial charge is 0.455 e. The van der Waals surface area contributed by atoms with Crippen LogP contribution in [-0.2, 0) is 16.0 Å². The molecule has 0 aliphatic rings. The van der Waals surface area contributed by atoms with Crippen LogP contribution in [0, 0.1) is 0 Å². The lowest BCUT2D eigenvalue weighted by molar-refractivity contribution is -0.134. The highest BCUT2D eigenvalue weighted by atomic mass is 35.5. The molecule has 1 unspecified atom stereocenters. The van der Waals surface area contributed by atoms with Crippen LogP contribution in [0.5, 0.6) is 0 Å². The first kappa shape index (κ1) is 12.6. The predicted molar refractivity (Wildman–Crippen MR) is 64.1 cm³/mol. The molecule has 0 aliphatic carbocycles. The van der Waals surface area contributed by atoms with Gasteiger partial charge in [0.1, 0.15) is 0 Å². The number of carbonyl (C=O) groups excluding carboxylic acids is 1. The van der Waals surface area contributed by atoms with Gasteiger partial charge >= 0.3 is 0 Å². The van der Waals surface area contributed by atoms with Gasteiger partial charge in [0.05, 0.1) is 6.42 Å². The summed E-state index contributed by atoms with van der Waals surface area (Å²) in [4.78, 5) is 10.2. The summed E-state index contributed by atoms with van der Waals surface area (Å²) in [5.74, 6) is 0.750. The zero-order valence-corrected chi connectivity index (χ0v) is 10.4. The van der Waals surface area contributed by atoms with E-state index in [4.69, 9.17) is 20.8 Å². The molecule has 1 aromatic carbocycles. The summed E-state index contributed by atoms with van der Waals surface area (Å²) < 4.78 is 10.1. The van der Waals surface area contributed by atoms with Crippen molar-refractivity contribution in [2.75, 3.05) is 0 Å². The van der Waals surface area contributed by atoms with E-state index in [0.29, 0.717) is 23.8 Å². The number of hydrogen-bond acceptors (Lipinski definition) is 5. The first-order valence-corrected chi connectivity index (χ1v) is 5.72. The number of benzene rings is 1. The summed E-state index contributed by atoms with van der Waals surface area (Å²) in [6.45, 7) is 2.02. The molecule has 2 aromatic rings. The molecule has 0 spiro atoms. The fourth-order valence-corrected chi connectivity index (χ4v) is 1.55. The molecule has 2 rings (SSSR count). The van der Waals surface area contributed by atoms with Gasteiger partial charge in [-0.25, -0.2) is 0 Å². The van der Waals surface area contributed by atoms with Gasteiger partial charge in [-0.3, -0.25) is 4.79 Å². The van der Waals surface area contributed by atoms with E-state index < -0.39 is 6.10 Å². The Morgan fingerprint density at radius 3 is 2.78 bits per heavy atom. The summed E-state index contributed by atoms with van der Waals surface area (Å²) in [5.41, 5.74) is 1.01. The molecule has 0 bridgehead atoms. The smallest absolute Gasteiger partial charge is 0.293 e. The number of nitrogens with zero attached hydrogens (tertiary/aromatic N) is 2. The Labute approximate surface area is 109 Å². The van der Waals surface area contributed by atoms with E-state index in [2.05, 4.69) is 10.2 Å². The van der Waals surface area contributed by atoms with Gasteiger partial charge in [0.2, 0.25) is 5.89 Å². The zero-order valence-electron chi connectivity index (χ0n) is 9.67. The minimum Gasteiger partial charge on any atom is -0.455 e. The Morgan fingerprint density at radius 1 is 1.39 bits per heavy atom. The molecular weight excluding hydrogens is 256 g/mol. The number of halogens is 1. The molecule has 0 aliphatic heterocycles. The number of carbonyl (C=O) groups is 1. The summed E-state index contributed by atoms with van der Waals surface area (Å²) in [5, 5.41) is 8.39. The Bertz CT molecular complexity index is 524. The van der Waals surface area contributed by atoms with Gasteiger partial charge in [0, 0.05) is 5.02 Å². The number of rotatable bonds is 5. The standard InChI is InChI=1S/C12H11ClN2O3/c1-8(17-7-16)12-15-14-11(18-12)6-9-2-4-10(13)5-3-9/h2-5,7-8H,6H2,1H3. The fraction of sp³-hybridized carbons (Fsp3) is 0.250. The normalized spacial score (nSPS) is 12.1. The van der Waals surface area contributed by atoms with Crippen LogP contribution in [0.25, 0.3) is 0 Å². The molecule has 1 atom stereocenters. The zero-order chi connectivity index (χ0) is 13.0. The van der Waals surface area contributed by atoms with Crippen molar-refractivity contribution in [3.63, 3.8) is 0 Å². The number of aromatic nitrogens is 2. The van der Waals surface area contributed by atoms with Crippen molar-refractivity contribution in [1.29, 1.82) is 0 Å². The number of ether oxygens (including phenoxy) is 1. The highest BCUT2D eigenvalue weighted by molar-refractivity contribution is 6.30.